The van der Waals surface area contributed by atoms with Crippen molar-refractivity contribution >= 4 is 28.3 Å². The summed E-state index contributed by atoms with van der Waals surface area (Å²) in [6, 6.07) is 9.84. The van der Waals surface area contributed by atoms with E-state index >= 15 is 0 Å². The van der Waals surface area contributed by atoms with E-state index in [0.717, 1.165) is 11.3 Å². The molecule has 5 nitrogen and oxygen atoms in total. The highest BCUT2D eigenvalue weighted by atomic mass is 32.1. The standard InChI is InChI=1S/C18H21N3O2S/c1-18(2,3)21-10-13(9-15(21)22)16(23)20-17-19-14(11-24-17)12-7-5-4-6-8-12/h4-8,11,13H,9-10H2,1-3H3,(H,19,20,23)/t13-/m0/s1. The normalized spacial score (nSPS) is 18.0. The van der Waals surface area contributed by atoms with E-state index in [1.807, 2.05) is 56.5 Å². The molecule has 0 spiro atoms. The summed E-state index contributed by atoms with van der Waals surface area (Å²) in [5.41, 5.74) is 1.60. The van der Waals surface area contributed by atoms with Gasteiger partial charge in [0, 0.05) is 29.4 Å². The zero-order valence-corrected chi connectivity index (χ0v) is 14.9. The highest BCUT2D eigenvalue weighted by Gasteiger charge is 2.39. The predicted molar refractivity (Wildman–Crippen MR) is 95.8 cm³/mol. The molecule has 1 atom stereocenters. The van der Waals surface area contributed by atoms with Crippen molar-refractivity contribution in [2.75, 3.05) is 11.9 Å². The van der Waals surface area contributed by atoms with Crippen molar-refractivity contribution < 1.29 is 9.59 Å². The second-order valence-electron chi connectivity index (χ2n) is 6.97. The molecule has 1 saturated heterocycles. The summed E-state index contributed by atoms with van der Waals surface area (Å²) in [6.07, 6.45) is 0.264. The second-order valence-corrected chi connectivity index (χ2v) is 7.83. The third-order valence-corrected chi connectivity index (χ3v) is 4.87. The fourth-order valence-electron chi connectivity index (χ4n) is 2.81. The monoisotopic (exact) mass is 343 g/mol. The molecule has 0 saturated carbocycles. The van der Waals surface area contributed by atoms with E-state index in [0.29, 0.717) is 11.7 Å². The molecule has 1 N–H and O–H groups in total. The van der Waals surface area contributed by atoms with E-state index in [1.165, 1.54) is 11.3 Å². The lowest BCUT2D eigenvalue weighted by atomic mass is 10.1. The maximum atomic E-state index is 12.5. The van der Waals surface area contributed by atoms with Crippen molar-refractivity contribution in [1.82, 2.24) is 9.88 Å². The van der Waals surface area contributed by atoms with E-state index in [2.05, 4.69) is 10.3 Å². The lowest BCUT2D eigenvalue weighted by Gasteiger charge is -2.31. The lowest BCUT2D eigenvalue weighted by Crippen LogP contribution is -2.42. The Hall–Kier alpha value is -2.21. The molecule has 0 bridgehead atoms. The molecule has 2 aromatic rings. The summed E-state index contributed by atoms with van der Waals surface area (Å²) >= 11 is 1.40. The smallest absolute Gasteiger partial charge is 0.231 e. The highest BCUT2D eigenvalue weighted by Crippen LogP contribution is 2.28. The number of hydrogen-bond acceptors (Lipinski definition) is 4. The van der Waals surface area contributed by atoms with Gasteiger partial charge in [-0.1, -0.05) is 30.3 Å². The average Bonchev–Trinajstić information content (AvgIpc) is 3.14. The van der Waals surface area contributed by atoms with Crippen molar-refractivity contribution in [1.29, 1.82) is 0 Å². The van der Waals surface area contributed by atoms with Crippen LogP contribution in [0.15, 0.2) is 35.7 Å². The molecule has 0 unspecified atom stereocenters. The van der Waals surface area contributed by atoms with Gasteiger partial charge in [-0.25, -0.2) is 4.98 Å². The molecule has 0 radical (unpaired) electrons. The third kappa shape index (κ3) is 3.48. The lowest BCUT2D eigenvalue weighted by molar-refractivity contribution is -0.131. The van der Waals surface area contributed by atoms with Crippen LogP contribution in [0.2, 0.25) is 0 Å². The molecule has 1 aliphatic rings. The number of aromatic nitrogens is 1. The highest BCUT2D eigenvalue weighted by molar-refractivity contribution is 7.14. The van der Waals surface area contributed by atoms with Gasteiger partial charge in [-0.2, -0.15) is 0 Å². The van der Waals surface area contributed by atoms with Crippen LogP contribution in [-0.2, 0) is 9.59 Å². The van der Waals surface area contributed by atoms with Gasteiger partial charge in [0.05, 0.1) is 11.6 Å². The molecular formula is C18H21N3O2S. The molecule has 6 heteroatoms. The SMILES string of the molecule is CC(C)(C)N1C[C@@H](C(=O)Nc2nc(-c3ccccc3)cs2)CC1=O. The van der Waals surface area contributed by atoms with Crippen molar-refractivity contribution in [2.24, 2.45) is 5.92 Å². The van der Waals surface area contributed by atoms with Crippen molar-refractivity contribution in [3.8, 4) is 11.3 Å². The summed E-state index contributed by atoms with van der Waals surface area (Å²) in [4.78, 5) is 30.8. The van der Waals surface area contributed by atoms with Crippen molar-refractivity contribution in [2.45, 2.75) is 32.7 Å². The van der Waals surface area contributed by atoms with Crippen molar-refractivity contribution in [3.63, 3.8) is 0 Å². The molecule has 0 aliphatic carbocycles. The van der Waals surface area contributed by atoms with Crippen LogP contribution in [0, 0.1) is 5.92 Å². The van der Waals surface area contributed by atoms with Gasteiger partial charge in [0.2, 0.25) is 11.8 Å². The van der Waals surface area contributed by atoms with E-state index in [1.54, 1.807) is 4.90 Å². The molecule has 1 fully saturated rings. The largest absolute Gasteiger partial charge is 0.337 e. The number of hydrogen-bond donors (Lipinski definition) is 1. The molecule has 2 heterocycles. The third-order valence-electron chi connectivity index (χ3n) is 4.11. The Kier molecular flexibility index (Phi) is 4.41. The molecule has 1 aromatic carbocycles. The van der Waals surface area contributed by atoms with Gasteiger partial charge in [0.1, 0.15) is 0 Å². The van der Waals surface area contributed by atoms with Gasteiger partial charge in [0.15, 0.2) is 5.13 Å². The first-order chi connectivity index (χ1) is 11.3. The van der Waals surface area contributed by atoms with Gasteiger partial charge < -0.3 is 10.2 Å². The number of rotatable bonds is 3. The van der Waals surface area contributed by atoms with Gasteiger partial charge in [-0.3, -0.25) is 9.59 Å². The number of carbonyl (C=O) groups is 2. The fraction of sp³-hybridized carbons (Fsp3) is 0.389. The number of amides is 2. The summed E-state index contributed by atoms with van der Waals surface area (Å²) in [5, 5.41) is 5.35. The first-order valence-electron chi connectivity index (χ1n) is 7.97. The molecule has 3 rings (SSSR count). The van der Waals surface area contributed by atoms with Gasteiger partial charge >= 0.3 is 0 Å². The van der Waals surface area contributed by atoms with E-state index < -0.39 is 0 Å². The number of nitrogens with one attached hydrogen (secondary N) is 1. The minimum Gasteiger partial charge on any atom is -0.337 e. The van der Waals surface area contributed by atoms with E-state index in [9.17, 15) is 9.59 Å². The van der Waals surface area contributed by atoms with Crippen LogP contribution >= 0.6 is 11.3 Å². The number of thiazole rings is 1. The Morgan fingerprint density at radius 3 is 2.62 bits per heavy atom. The number of nitrogens with zero attached hydrogens (tertiary/aromatic N) is 2. The minimum absolute atomic E-state index is 0.0340. The Morgan fingerprint density at radius 2 is 2.00 bits per heavy atom. The van der Waals surface area contributed by atoms with Crippen LogP contribution in [0.5, 0.6) is 0 Å². The molecule has 1 aromatic heterocycles. The minimum atomic E-state index is -0.319. The second kappa shape index (κ2) is 6.36. The molecule has 126 valence electrons. The quantitative estimate of drug-likeness (QED) is 0.929. The van der Waals surface area contributed by atoms with E-state index in [-0.39, 0.29) is 29.7 Å². The fourth-order valence-corrected chi connectivity index (χ4v) is 3.53. The molecule has 1 aliphatic heterocycles. The number of likely N-dealkylation sites (tertiary alicyclic amines) is 1. The zero-order chi connectivity index (χ0) is 17.3. The number of benzene rings is 1. The van der Waals surface area contributed by atoms with Crippen LogP contribution in [0.4, 0.5) is 5.13 Å². The van der Waals surface area contributed by atoms with Gasteiger partial charge in [0.25, 0.3) is 0 Å². The van der Waals surface area contributed by atoms with Crippen LogP contribution in [0.25, 0.3) is 11.3 Å². The molecule has 24 heavy (non-hydrogen) atoms. The maximum absolute atomic E-state index is 12.5. The summed E-state index contributed by atoms with van der Waals surface area (Å²) < 4.78 is 0. The van der Waals surface area contributed by atoms with Crippen LogP contribution in [0.1, 0.15) is 27.2 Å². The average molecular weight is 343 g/mol. The van der Waals surface area contributed by atoms with Gasteiger partial charge in [-0.05, 0) is 20.8 Å². The van der Waals surface area contributed by atoms with Crippen LogP contribution in [-0.4, -0.2) is 33.8 Å². The number of carbonyl (C=O) groups excluding carboxylic acids is 2. The Labute approximate surface area is 145 Å². The Morgan fingerprint density at radius 1 is 1.29 bits per heavy atom. The first kappa shape index (κ1) is 16.6. The Bertz CT molecular complexity index is 749. The van der Waals surface area contributed by atoms with E-state index in [4.69, 9.17) is 0 Å². The maximum Gasteiger partial charge on any atom is 0.231 e. The summed E-state index contributed by atoms with van der Waals surface area (Å²) in [5.74, 6) is -0.420. The van der Waals surface area contributed by atoms with Crippen molar-refractivity contribution in [3.05, 3.63) is 35.7 Å². The molecule has 2 amide bonds. The molecular weight excluding hydrogens is 322 g/mol. The first-order valence-corrected chi connectivity index (χ1v) is 8.85. The van der Waals surface area contributed by atoms with Crippen LogP contribution < -0.4 is 5.32 Å². The zero-order valence-electron chi connectivity index (χ0n) is 14.1. The predicted octanol–water partition coefficient (Wildman–Crippen LogP) is 3.40. The summed E-state index contributed by atoms with van der Waals surface area (Å²) in [7, 11) is 0. The van der Waals surface area contributed by atoms with Gasteiger partial charge in [-0.15, -0.1) is 11.3 Å². The topological polar surface area (TPSA) is 62.3 Å². The summed E-state index contributed by atoms with van der Waals surface area (Å²) in [6.45, 7) is 6.42. The number of anilines is 1. The Balaban J connectivity index is 1.66. The van der Waals surface area contributed by atoms with Crippen LogP contribution in [0.3, 0.4) is 0 Å².